The van der Waals surface area contributed by atoms with Gasteiger partial charge in [-0.2, -0.15) is 0 Å². The first-order chi connectivity index (χ1) is 11.4. The second-order valence-corrected chi connectivity index (χ2v) is 10.9. The molecule has 0 N–H and O–H groups in total. The Hall–Kier alpha value is -1.91. The number of rotatable bonds is 8. The fraction of sp³-hybridized carbons (Fsp3) is 0.350. The number of hydrogen-bond acceptors (Lipinski definition) is 3. The monoisotopic (exact) mass is 344 g/mol. The van der Waals surface area contributed by atoms with Crippen molar-refractivity contribution in [1.82, 2.24) is 0 Å². The molecule has 0 radical (unpaired) electrons. The van der Waals surface area contributed by atoms with Gasteiger partial charge in [-0.15, -0.1) is 0 Å². The minimum Gasteiger partial charge on any atom is -0.468 e. The van der Waals surface area contributed by atoms with Crippen LogP contribution in [0.2, 0.25) is 19.6 Å². The quantitative estimate of drug-likeness (QED) is 0.384. The molecule has 1 rings (SSSR count). The lowest BCUT2D eigenvalue weighted by atomic mass is 10.00. The van der Waals surface area contributed by atoms with Crippen molar-refractivity contribution < 1.29 is 14.0 Å². The molecule has 2 atom stereocenters. The van der Waals surface area contributed by atoms with Gasteiger partial charge in [-0.1, -0.05) is 66.8 Å². The number of allylic oxidation sites excluding steroid dienone is 3. The number of benzene rings is 1. The van der Waals surface area contributed by atoms with Gasteiger partial charge in [-0.3, -0.25) is 4.79 Å². The third kappa shape index (κ3) is 7.57. The molecule has 0 saturated heterocycles. The Balaban J connectivity index is 3.10. The average Bonchev–Trinajstić information content (AvgIpc) is 2.54. The minimum absolute atomic E-state index is 0.296. The molecule has 0 saturated carbocycles. The molecule has 1 aromatic carbocycles. The summed E-state index contributed by atoms with van der Waals surface area (Å²) in [6.07, 6.45) is 11.2. The highest BCUT2D eigenvalue weighted by atomic mass is 28.4. The summed E-state index contributed by atoms with van der Waals surface area (Å²) in [7, 11) is -0.418. The molecule has 0 spiro atoms. The average molecular weight is 345 g/mol. The van der Waals surface area contributed by atoms with Crippen LogP contribution in [0.5, 0.6) is 0 Å². The Labute approximate surface area is 146 Å². The van der Waals surface area contributed by atoms with Crippen LogP contribution in [0, 0.1) is 5.92 Å². The molecule has 130 valence electrons. The third-order valence-electron chi connectivity index (χ3n) is 3.22. The van der Waals surface area contributed by atoms with Crippen molar-refractivity contribution in [2.45, 2.75) is 32.7 Å². The molecule has 0 aliphatic rings. The van der Waals surface area contributed by atoms with E-state index in [-0.39, 0.29) is 12.1 Å². The Morgan fingerprint density at radius 1 is 1.08 bits per heavy atom. The summed E-state index contributed by atoms with van der Waals surface area (Å²) in [5, 5.41) is 0. The number of carbonyl (C=O) groups is 1. The molecule has 3 nitrogen and oxygen atoms in total. The smallest absolute Gasteiger partial charge is 0.315 e. The summed E-state index contributed by atoms with van der Waals surface area (Å²) in [6.45, 7) is 8.28. The van der Waals surface area contributed by atoms with Crippen molar-refractivity contribution >= 4 is 20.4 Å². The van der Waals surface area contributed by atoms with Gasteiger partial charge in [0.2, 0.25) is 0 Å². The summed E-state index contributed by atoms with van der Waals surface area (Å²) in [6, 6.07) is 9.89. The molecule has 0 unspecified atom stereocenters. The number of hydrogen-bond donors (Lipinski definition) is 0. The van der Waals surface area contributed by atoms with Crippen molar-refractivity contribution in [1.29, 1.82) is 0 Å². The molecule has 0 amide bonds. The van der Waals surface area contributed by atoms with E-state index in [9.17, 15) is 4.79 Å². The standard InChI is InChI=1S/C20H28O3Si/c1-6-7-9-14-19(23-24(3,4)5)18(20(21)22-2)16-15-17-12-10-8-11-13-17/h6-16,18-19H,1-5H3/b7-6+,14-9+,16-15+/t18-,19+/m0/s1. The van der Waals surface area contributed by atoms with E-state index in [1.807, 2.05) is 73.7 Å². The first-order valence-electron chi connectivity index (χ1n) is 8.16. The fourth-order valence-corrected chi connectivity index (χ4v) is 3.20. The fourth-order valence-electron chi connectivity index (χ4n) is 2.16. The summed E-state index contributed by atoms with van der Waals surface area (Å²) < 4.78 is 11.2. The largest absolute Gasteiger partial charge is 0.468 e. The topological polar surface area (TPSA) is 35.5 Å². The molecular weight excluding hydrogens is 316 g/mol. The Bertz CT molecular complexity index is 583. The van der Waals surface area contributed by atoms with Gasteiger partial charge in [0.25, 0.3) is 0 Å². The third-order valence-corrected chi connectivity index (χ3v) is 4.20. The maximum atomic E-state index is 12.3. The van der Waals surface area contributed by atoms with E-state index in [4.69, 9.17) is 9.16 Å². The first kappa shape index (κ1) is 20.1. The number of carbonyl (C=O) groups excluding carboxylic acids is 1. The lowest BCUT2D eigenvalue weighted by Gasteiger charge is -2.28. The van der Waals surface area contributed by atoms with Crippen LogP contribution in [-0.2, 0) is 14.0 Å². The van der Waals surface area contributed by atoms with Crippen LogP contribution >= 0.6 is 0 Å². The van der Waals surface area contributed by atoms with E-state index < -0.39 is 14.2 Å². The maximum absolute atomic E-state index is 12.3. The van der Waals surface area contributed by atoms with Gasteiger partial charge in [0.1, 0.15) is 5.92 Å². The van der Waals surface area contributed by atoms with Gasteiger partial charge >= 0.3 is 5.97 Å². The normalized spacial score (nSPS) is 15.2. The molecule has 4 heteroatoms. The Kier molecular flexibility index (Phi) is 8.44. The van der Waals surface area contributed by atoms with Crippen molar-refractivity contribution in [3.05, 3.63) is 66.3 Å². The second kappa shape index (κ2) is 10.1. The Morgan fingerprint density at radius 2 is 1.75 bits per heavy atom. The van der Waals surface area contributed by atoms with E-state index in [2.05, 4.69) is 19.6 Å². The van der Waals surface area contributed by atoms with Gasteiger partial charge in [-0.25, -0.2) is 0 Å². The molecule has 0 aliphatic heterocycles. The van der Waals surface area contributed by atoms with Crippen molar-refractivity contribution in [2.24, 2.45) is 5.92 Å². The van der Waals surface area contributed by atoms with Gasteiger partial charge < -0.3 is 9.16 Å². The van der Waals surface area contributed by atoms with Crippen LogP contribution in [0.3, 0.4) is 0 Å². The van der Waals surface area contributed by atoms with E-state index in [1.165, 1.54) is 7.11 Å². The Morgan fingerprint density at radius 3 is 2.29 bits per heavy atom. The number of methoxy groups -OCH3 is 1. The predicted molar refractivity (Wildman–Crippen MR) is 103 cm³/mol. The van der Waals surface area contributed by atoms with Crippen LogP contribution in [0.4, 0.5) is 0 Å². The second-order valence-electron chi connectivity index (χ2n) is 6.42. The van der Waals surface area contributed by atoms with E-state index in [0.717, 1.165) is 5.56 Å². The van der Waals surface area contributed by atoms with Crippen LogP contribution in [0.1, 0.15) is 12.5 Å². The van der Waals surface area contributed by atoms with Crippen LogP contribution in [0.15, 0.2) is 60.7 Å². The van der Waals surface area contributed by atoms with E-state index >= 15 is 0 Å². The number of ether oxygens (including phenoxy) is 1. The zero-order valence-corrected chi connectivity index (χ0v) is 16.2. The van der Waals surface area contributed by atoms with Gasteiger partial charge in [0.05, 0.1) is 13.2 Å². The SMILES string of the molecule is C/C=C/C=C/[C@@H](O[Si](C)(C)C)[C@H](/C=C/c1ccccc1)C(=O)OC. The zero-order chi connectivity index (χ0) is 18.0. The summed E-state index contributed by atoms with van der Waals surface area (Å²) >= 11 is 0. The summed E-state index contributed by atoms with van der Waals surface area (Å²) in [5.74, 6) is -0.779. The highest BCUT2D eigenvalue weighted by Gasteiger charge is 2.30. The number of esters is 1. The highest BCUT2D eigenvalue weighted by Crippen LogP contribution is 2.20. The molecule has 0 aliphatic carbocycles. The highest BCUT2D eigenvalue weighted by molar-refractivity contribution is 6.69. The van der Waals surface area contributed by atoms with Crippen LogP contribution in [0.25, 0.3) is 6.08 Å². The maximum Gasteiger partial charge on any atom is 0.315 e. The van der Waals surface area contributed by atoms with E-state index in [1.54, 1.807) is 0 Å². The lowest BCUT2D eigenvalue weighted by molar-refractivity contribution is -0.145. The summed E-state index contributed by atoms with van der Waals surface area (Å²) in [5.41, 5.74) is 1.04. The molecule has 0 fully saturated rings. The van der Waals surface area contributed by atoms with Crippen molar-refractivity contribution in [3.63, 3.8) is 0 Å². The molecule has 0 aromatic heterocycles. The lowest BCUT2D eigenvalue weighted by Crippen LogP contribution is -2.38. The van der Waals surface area contributed by atoms with Gasteiger partial charge in [-0.05, 0) is 32.1 Å². The molecule has 1 aromatic rings. The van der Waals surface area contributed by atoms with Crippen LogP contribution < -0.4 is 0 Å². The molecule has 24 heavy (non-hydrogen) atoms. The van der Waals surface area contributed by atoms with Crippen molar-refractivity contribution in [3.8, 4) is 0 Å². The molecule has 0 bridgehead atoms. The molecule has 0 heterocycles. The summed E-state index contributed by atoms with van der Waals surface area (Å²) in [4.78, 5) is 12.3. The zero-order valence-electron chi connectivity index (χ0n) is 15.2. The van der Waals surface area contributed by atoms with Crippen LogP contribution in [-0.4, -0.2) is 27.5 Å². The molecular formula is C20H28O3Si. The van der Waals surface area contributed by atoms with Gasteiger partial charge in [0.15, 0.2) is 8.32 Å². The van der Waals surface area contributed by atoms with Crippen molar-refractivity contribution in [2.75, 3.05) is 7.11 Å². The van der Waals surface area contributed by atoms with Gasteiger partial charge in [0, 0.05) is 0 Å². The first-order valence-corrected chi connectivity index (χ1v) is 11.6. The van der Waals surface area contributed by atoms with E-state index in [0.29, 0.717) is 0 Å². The minimum atomic E-state index is -1.83. The predicted octanol–water partition coefficient (Wildman–Crippen LogP) is 4.84.